The van der Waals surface area contributed by atoms with Crippen LogP contribution in [0.25, 0.3) is 0 Å². The Bertz CT molecular complexity index is 431. The Kier molecular flexibility index (Phi) is 6.41. The summed E-state index contributed by atoms with van der Waals surface area (Å²) in [4.78, 5) is 14.4. The summed E-state index contributed by atoms with van der Waals surface area (Å²) in [5.74, 6) is 0.347. The molecule has 0 amide bonds. The van der Waals surface area contributed by atoms with Crippen LogP contribution in [0, 0.1) is 0 Å². The molecule has 112 valence electrons. The monoisotopic (exact) mass is 275 g/mol. The molecular weight excluding hydrogens is 246 g/mol. The van der Waals surface area contributed by atoms with Crippen molar-refractivity contribution in [2.75, 3.05) is 20.1 Å². The smallest absolute Gasteiger partial charge is 0.164 e. The van der Waals surface area contributed by atoms with E-state index in [2.05, 4.69) is 24.1 Å². The minimum atomic E-state index is 0.167. The summed E-state index contributed by atoms with van der Waals surface area (Å²) in [7, 11) is 2.16. The number of nitrogens with zero attached hydrogens (tertiary/aromatic N) is 1. The zero-order valence-corrected chi connectivity index (χ0v) is 13.7. The first kappa shape index (κ1) is 16.9. The van der Waals surface area contributed by atoms with Gasteiger partial charge in [-0.2, -0.15) is 0 Å². The maximum absolute atomic E-state index is 12.0. The number of hydrogen-bond donors (Lipinski definition) is 0. The number of likely N-dealkylation sites (tertiary alicyclic amines) is 1. The molecule has 0 bridgehead atoms. The first-order valence-corrected chi connectivity index (χ1v) is 8.03. The number of rotatable bonds is 0. The van der Waals surface area contributed by atoms with E-state index in [1.54, 1.807) is 0 Å². The molecule has 1 fully saturated rings. The lowest BCUT2D eigenvalue weighted by Crippen LogP contribution is -2.39. The van der Waals surface area contributed by atoms with E-state index in [1.165, 1.54) is 5.56 Å². The van der Waals surface area contributed by atoms with Gasteiger partial charge in [0.1, 0.15) is 0 Å². The molecule has 0 atom stereocenters. The molecule has 2 nitrogen and oxygen atoms in total. The van der Waals surface area contributed by atoms with Crippen molar-refractivity contribution < 1.29 is 4.79 Å². The zero-order valence-electron chi connectivity index (χ0n) is 13.7. The number of Topliss-reactive ketones (excluding diaryl/α,β-unsaturated/α-hetero) is 1. The highest BCUT2D eigenvalue weighted by atomic mass is 16.1. The third-order valence-electron chi connectivity index (χ3n) is 4.24. The summed E-state index contributed by atoms with van der Waals surface area (Å²) >= 11 is 0. The Morgan fingerprint density at radius 2 is 1.55 bits per heavy atom. The molecule has 1 saturated heterocycles. The maximum Gasteiger partial charge on any atom is 0.164 e. The van der Waals surface area contributed by atoms with Crippen molar-refractivity contribution in [3.63, 3.8) is 0 Å². The molecule has 3 rings (SSSR count). The quantitative estimate of drug-likeness (QED) is 0.704. The highest BCUT2D eigenvalue weighted by Crippen LogP contribution is 2.45. The van der Waals surface area contributed by atoms with Crippen LogP contribution in [-0.4, -0.2) is 30.8 Å². The van der Waals surface area contributed by atoms with E-state index in [0.717, 1.165) is 37.9 Å². The van der Waals surface area contributed by atoms with Crippen LogP contribution in [0.15, 0.2) is 24.3 Å². The fraction of sp³-hybridized carbons (Fsp3) is 0.611. The average Bonchev–Trinajstić information content (AvgIpc) is 2.80. The van der Waals surface area contributed by atoms with Crippen molar-refractivity contribution in [3.8, 4) is 0 Å². The molecule has 2 heteroatoms. The largest absolute Gasteiger partial charge is 0.306 e. The van der Waals surface area contributed by atoms with Gasteiger partial charge in [0.2, 0.25) is 0 Å². The summed E-state index contributed by atoms with van der Waals surface area (Å²) in [6.07, 6.45) is 3.00. The van der Waals surface area contributed by atoms with E-state index in [9.17, 15) is 4.79 Å². The highest BCUT2D eigenvalue weighted by molar-refractivity contribution is 6.02. The molecule has 1 aromatic carbocycles. The van der Waals surface area contributed by atoms with Gasteiger partial charge in [0, 0.05) is 17.4 Å². The molecule has 0 unspecified atom stereocenters. The fourth-order valence-electron chi connectivity index (χ4n) is 3.18. The van der Waals surface area contributed by atoms with Crippen molar-refractivity contribution in [1.82, 2.24) is 4.90 Å². The maximum atomic E-state index is 12.0. The van der Waals surface area contributed by atoms with E-state index in [1.807, 2.05) is 39.8 Å². The Labute approximate surface area is 124 Å². The number of carbonyl (C=O) groups is 1. The Morgan fingerprint density at radius 1 is 1.00 bits per heavy atom. The van der Waals surface area contributed by atoms with Crippen molar-refractivity contribution in [1.29, 1.82) is 0 Å². The first-order chi connectivity index (χ1) is 9.71. The first-order valence-electron chi connectivity index (χ1n) is 8.03. The molecular formula is C18H29NO. The van der Waals surface area contributed by atoms with Crippen LogP contribution >= 0.6 is 0 Å². The van der Waals surface area contributed by atoms with Gasteiger partial charge in [0.25, 0.3) is 0 Å². The summed E-state index contributed by atoms with van der Waals surface area (Å²) in [6, 6.07) is 8.19. The summed E-state index contributed by atoms with van der Waals surface area (Å²) < 4.78 is 0. The second-order valence-corrected chi connectivity index (χ2v) is 5.23. The predicted octanol–water partition coefficient (Wildman–Crippen LogP) is 4.29. The van der Waals surface area contributed by atoms with Crippen molar-refractivity contribution in [3.05, 3.63) is 35.4 Å². The summed E-state index contributed by atoms with van der Waals surface area (Å²) in [5, 5.41) is 0. The van der Waals surface area contributed by atoms with Gasteiger partial charge in [0.05, 0.1) is 0 Å². The van der Waals surface area contributed by atoms with Crippen LogP contribution in [0.3, 0.4) is 0 Å². The fourth-order valence-corrected chi connectivity index (χ4v) is 3.18. The Morgan fingerprint density at radius 3 is 2.15 bits per heavy atom. The van der Waals surface area contributed by atoms with Crippen LogP contribution in [0.2, 0.25) is 0 Å². The predicted molar refractivity (Wildman–Crippen MR) is 86.5 cm³/mol. The van der Waals surface area contributed by atoms with E-state index in [4.69, 9.17) is 0 Å². The number of carbonyl (C=O) groups excluding carboxylic acids is 1. The molecule has 2 aliphatic rings. The lowest BCUT2D eigenvalue weighted by atomic mass is 9.74. The van der Waals surface area contributed by atoms with Crippen LogP contribution < -0.4 is 0 Å². The second-order valence-electron chi connectivity index (χ2n) is 5.23. The van der Waals surface area contributed by atoms with Crippen LogP contribution in [-0.2, 0) is 5.41 Å². The highest BCUT2D eigenvalue weighted by Gasteiger charge is 2.44. The van der Waals surface area contributed by atoms with Gasteiger partial charge in [-0.15, -0.1) is 0 Å². The molecule has 1 aromatic rings. The summed E-state index contributed by atoms with van der Waals surface area (Å²) in [5.41, 5.74) is 2.46. The van der Waals surface area contributed by atoms with Crippen molar-refractivity contribution in [2.24, 2.45) is 0 Å². The Balaban J connectivity index is 0.000000461. The molecule has 0 radical (unpaired) electrons. The van der Waals surface area contributed by atoms with Crippen LogP contribution in [0.4, 0.5) is 0 Å². The molecule has 20 heavy (non-hydrogen) atoms. The topological polar surface area (TPSA) is 20.3 Å². The SMILES string of the molecule is CC.CC.CN1CCC2(CC1)CC(=O)c1ccccc12. The third-order valence-corrected chi connectivity index (χ3v) is 4.24. The standard InChI is InChI=1S/C14H17NO.2C2H6/c1-15-8-6-14(7-9-15)10-13(16)11-4-2-3-5-12(11)14;2*1-2/h2-5H,6-10H2,1H3;2*1-2H3. The minimum Gasteiger partial charge on any atom is -0.306 e. The van der Waals surface area contributed by atoms with Crippen molar-refractivity contribution in [2.45, 2.75) is 52.4 Å². The van der Waals surface area contributed by atoms with E-state index in [-0.39, 0.29) is 5.41 Å². The van der Waals surface area contributed by atoms with Crippen LogP contribution in [0.5, 0.6) is 0 Å². The number of fused-ring (bicyclic) bond motifs is 2. The van der Waals surface area contributed by atoms with Gasteiger partial charge >= 0.3 is 0 Å². The lowest BCUT2D eigenvalue weighted by molar-refractivity contribution is 0.0946. The van der Waals surface area contributed by atoms with Gasteiger partial charge in [-0.1, -0.05) is 52.0 Å². The van der Waals surface area contributed by atoms with Gasteiger partial charge in [-0.25, -0.2) is 0 Å². The lowest BCUT2D eigenvalue weighted by Gasteiger charge is -2.38. The van der Waals surface area contributed by atoms with E-state index >= 15 is 0 Å². The van der Waals surface area contributed by atoms with Crippen molar-refractivity contribution >= 4 is 5.78 Å². The molecule has 1 aliphatic heterocycles. The Hall–Kier alpha value is -1.15. The number of benzene rings is 1. The molecule has 0 saturated carbocycles. The molecule has 1 aliphatic carbocycles. The summed E-state index contributed by atoms with van der Waals surface area (Å²) in [6.45, 7) is 10.2. The second kappa shape index (κ2) is 7.58. The normalized spacial score (nSPS) is 19.6. The molecule has 1 spiro atoms. The number of piperidine rings is 1. The number of hydrogen-bond acceptors (Lipinski definition) is 2. The van der Waals surface area contributed by atoms with Gasteiger partial charge in [-0.05, 0) is 38.5 Å². The van der Waals surface area contributed by atoms with E-state index in [0.29, 0.717) is 5.78 Å². The van der Waals surface area contributed by atoms with Gasteiger partial charge in [0.15, 0.2) is 5.78 Å². The third kappa shape index (κ3) is 3.12. The average molecular weight is 275 g/mol. The van der Waals surface area contributed by atoms with Crippen LogP contribution in [0.1, 0.15) is 62.9 Å². The zero-order chi connectivity index (χ0) is 15.2. The number of ketones is 1. The van der Waals surface area contributed by atoms with Gasteiger partial charge < -0.3 is 4.90 Å². The molecule has 0 N–H and O–H groups in total. The minimum absolute atomic E-state index is 0.167. The molecule has 1 heterocycles. The van der Waals surface area contributed by atoms with E-state index < -0.39 is 0 Å². The molecule has 0 aromatic heterocycles. The van der Waals surface area contributed by atoms with Gasteiger partial charge in [-0.3, -0.25) is 4.79 Å².